The maximum atomic E-state index is 12.1. The van der Waals surface area contributed by atoms with E-state index in [1.807, 2.05) is 7.05 Å². The Morgan fingerprint density at radius 3 is 2.62 bits per heavy atom. The average molecular weight is 289 g/mol. The number of anilines is 1. The van der Waals surface area contributed by atoms with Gasteiger partial charge < -0.3 is 10.6 Å². The van der Waals surface area contributed by atoms with E-state index in [1.54, 1.807) is 24.3 Å². The van der Waals surface area contributed by atoms with E-state index in [0.717, 1.165) is 25.2 Å². The molecular weight excluding hydrogens is 266 g/mol. The van der Waals surface area contributed by atoms with Gasteiger partial charge in [0.1, 0.15) is 0 Å². The van der Waals surface area contributed by atoms with Crippen LogP contribution in [0.1, 0.15) is 30.1 Å². The van der Waals surface area contributed by atoms with Gasteiger partial charge in [0.15, 0.2) is 5.78 Å². The number of hydrogen-bond donors (Lipinski definition) is 2. The van der Waals surface area contributed by atoms with E-state index < -0.39 is 0 Å². The molecule has 0 bridgehead atoms. The molecule has 5 nitrogen and oxygen atoms in total. The Morgan fingerprint density at radius 1 is 1.29 bits per heavy atom. The van der Waals surface area contributed by atoms with E-state index in [1.165, 1.54) is 13.3 Å². The molecule has 1 aromatic rings. The van der Waals surface area contributed by atoms with Crippen molar-refractivity contribution in [2.75, 3.05) is 32.0 Å². The van der Waals surface area contributed by atoms with Gasteiger partial charge in [-0.15, -0.1) is 0 Å². The Bertz CT molecular complexity index is 499. The van der Waals surface area contributed by atoms with Crippen molar-refractivity contribution in [2.45, 2.75) is 25.8 Å². The average Bonchev–Trinajstić information content (AvgIpc) is 2.47. The summed E-state index contributed by atoms with van der Waals surface area (Å²) < 4.78 is 0. The van der Waals surface area contributed by atoms with Crippen LogP contribution in [0.15, 0.2) is 24.3 Å². The number of rotatable bonds is 5. The minimum absolute atomic E-state index is 0.0117. The molecule has 1 amide bonds. The molecule has 0 aromatic heterocycles. The molecule has 5 heteroatoms. The van der Waals surface area contributed by atoms with Gasteiger partial charge in [0, 0.05) is 23.8 Å². The standard InChI is InChI=1S/C16H23N3O2/c1-12(20)13-5-7-14(8-6-13)18-16(21)11-19-9-3-4-15(10-19)17-2/h5-8,15,17H,3-4,9-11H2,1-2H3,(H,18,21). The van der Waals surface area contributed by atoms with E-state index in [2.05, 4.69) is 15.5 Å². The predicted molar refractivity (Wildman–Crippen MR) is 83.6 cm³/mol. The highest BCUT2D eigenvalue weighted by molar-refractivity contribution is 5.96. The van der Waals surface area contributed by atoms with Gasteiger partial charge in [0.05, 0.1) is 6.54 Å². The zero-order chi connectivity index (χ0) is 15.2. The van der Waals surface area contributed by atoms with Crippen molar-refractivity contribution in [3.63, 3.8) is 0 Å². The highest BCUT2D eigenvalue weighted by Gasteiger charge is 2.20. The van der Waals surface area contributed by atoms with Gasteiger partial charge in [-0.3, -0.25) is 14.5 Å². The molecule has 1 heterocycles. The fourth-order valence-corrected chi connectivity index (χ4v) is 2.63. The van der Waals surface area contributed by atoms with E-state index in [9.17, 15) is 9.59 Å². The highest BCUT2D eigenvalue weighted by Crippen LogP contribution is 2.12. The molecule has 21 heavy (non-hydrogen) atoms. The lowest BCUT2D eigenvalue weighted by Gasteiger charge is -2.31. The first-order chi connectivity index (χ1) is 10.1. The van der Waals surface area contributed by atoms with Crippen LogP contribution in [0.5, 0.6) is 0 Å². The SMILES string of the molecule is CNC1CCCN(CC(=O)Nc2ccc(C(C)=O)cc2)C1. The van der Waals surface area contributed by atoms with Crippen LogP contribution in [0.3, 0.4) is 0 Å². The molecule has 0 radical (unpaired) electrons. The topological polar surface area (TPSA) is 61.4 Å². The van der Waals surface area contributed by atoms with Crippen molar-refractivity contribution in [1.82, 2.24) is 10.2 Å². The van der Waals surface area contributed by atoms with E-state index >= 15 is 0 Å². The normalized spacial score (nSPS) is 19.2. The van der Waals surface area contributed by atoms with Gasteiger partial charge in [-0.2, -0.15) is 0 Å². The summed E-state index contributed by atoms with van der Waals surface area (Å²) in [5, 5.41) is 6.14. The molecular formula is C16H23N3O2. The summed E-state index contributed by atoms with van der Waals surface area (Å²) in [7, 11) is 1.96. The number of benzene rings is 1. The van der Waals surface area contributed by atoms with Crippen molar-refractivity contribution in [3.8, 4) is 0 Å². The molecule has 0 saturated carbocycles. The molecule has 2 rings (SSSR count). The highest BCUT2D eigenvalue weighted by atomic mass is 16.2. The lowest BCUT2D eigenvalue weighted by molar-refractivity contribution is -0.117. The molecule has 1 aliphatic heterocycles. The molecule has 1 unspecified atom stereocenters. The smallest absolute Gasteiger partial charge is 0.238 e. The fourth-order valence-electron chi connectivity index (χ4n) is 2.63. The third-order valence-electron chi connectivity index (χ3n) is 3.86. The van der Waals surface area contributed by atoms with E-state index in [-0.39, 0.29) is 11.7 Å². The number of carbonyl (C=O) groups excluding carboxylic acids is 2. The summed E-state index contributed by atoms with van der Waals surface area (Å²) >= 11 is 0. The minimum atomic E-state index is -0.0117. The second-order valence-electron chi connectivity index (χ2n) is 5.54. The quantitative estimate of drug-likeness (QED) is 0.807. The summed E-state index contributed by atoms with van der Waals surface area (Å²) in [6.45, 7) is 3.82. The summed E-state index contributed by atoms with van der Waals surface area (Å²) in [5.74, 6) is 0.0154. The van der Waals surface area contributed by atoms with Gasteiger partial charge in [0.25, 0.3) is 0 Å². The predicted octanol–water partition coefficient (Wildman–Crippen LogP) is 1.51. The van der Waals surface area contributed by atoms with Crippen LogP contribution in [-0.4, -0.2) is 49.3 Å². The Morgan fingerprint density at radius 2 is 2.00 bits per heavy atom. The number of hydrogen-bond acceptors (Lipinski definition) is 4. The number of ketones is 1. The van der Waals surface area contributed by atoms with Crippen LogP contribution in [-0.2, 0) is 4.79 Å². The molecule has 1 fully saturated rings. The van der Waals surface area contributed by atoms with Crippen molar-refractivity contribution in [2.24, 2.45) is 0 Å². The van der Waals surface area contributed by atoms with Crippen LogP contribution in [0.4, 0.5) is 5.69 Å². The molecule has 1 saturated heterocycles. The van der Waals surface area contributed by atoms with Crippen molar-refractivity contribution >= 4 is 17.4 Å². The zero-order valence-corrected chi connectivity index (χ0v) is 12.7. The largest absolute Gasteiger partial charge is 0.325 e. The first-order valence-electron chi connectivity index (χ1n) is 7.39. The maximum Gasteiger partial charge on any atom is 0.238 e. The van der Waals surface area contributed by atoms with Crippen LogP contribution in [0, 0.1) is 0 Å². The van der Waals surface area contributed by atoms with Crippen LogP contribution in [0.2, 0.25) is 0 Å². The van der Waals surface area contributed by atoms with E-state index in [4.69, 9.17) is 0 Å². The summed E-state index contributed by atoms with van der Waals surface area (Å²) in [4.78, 5) is 25.4. The summed E-state index contributed by atoms with van der Waals surface area (Å²) in [6.07, 6.45) is 2.28. The lowest BCUT2D eigenvalue weighted by atomic mass is 10.1. The molecule has 1 atom stereocenters. The number of likely N-dealkylation sites (tertiary alicyclic amines) is 1. The van der Waals surface area contributed by atoms with Gasteiger partial charge in [0.2, 0.25) is 5.91 Å². The third-order valence-corrected chi connectivity index (χ3v) is 3.86. The van der Waals surface area contributed by atoms with Gasteiger partial charge in [-0.05, 0) is 57.6 Å². The summed E-state index contributed by atoms with van der Waals surface area (Å²) in [6, 6.07) is 7.47. The Kier molecular flexibility index (Phi) is 5.47. The lowest BCUT2D eigenvalue weighted by Crippen LogP contribution is -2.46. The number of carbonyl (C=O) groups is 2. The molecule has 1 aromatic carbocycles. The van der Waals surface area contributed by atoms with Crippen molar-refractivity contribution < 1.29 is 9.59 Å². The number of piperidine rings is 1. The number of nitrogens with one attached hydrogen (secondary N) is 2. The van der Waals surface area contributed by atoms with Gasteiger partial charge >= 0.3 is 0 Å². The Balaban J connectivity index is 1.85. The van der Waals surface area contributed by atoms with Crippen LogP contribution in [0.25, 0.3) is 0 Å². The second-order valence-corrected chi connectivity index (χ2v) is 5.54. The van der Waals surface area contributed by atoms with Gasteiger partial charge in [-0.1, -0.05) is 0 Å². The first kappa shape index (κ1) is 15.7. The van der Waals surface area contributed by atoms with Crippen LogP contribution >= 0.6 is 0 Å². The van der Waals surface area contributed by atoms with E-state index in [0.29, 0.717) is 18.2 Å². The first-order valence-corrected chi connectivity index (χ1v) is 7.39. The van der Waals surface area contributed by atoms with Crippen molar-refractivity contribution in [1.29, 1.82) is 0 Å². The number of likely N-dealkylation sites (N-methyl/N-ethyl adjacent to an activating group) is 1. The molecule has 0 spiro atoms. The van der Waals surface area contributed by atoms with Crippen molar-refractivity contribution in [3.05, 3.63) is 29.8 Å². The monoisotopic (exact) mass is 289 g/mol. The maximum absolute atomic E-state index is 12.1. The third kappa shape index (κ3) is 4.65. The van der Waals surface area contributed by atoms with Gasteiger partial charge in [-0.25, -0.2) is 0 Å². The zero-order valence-electron chi connectivity index (χ0n) is 12.7. The molecule has 114 valence electrons. The molecule has 2 N–H and O–H groups in total. The minimum Gasteiger partial charge on any atom is -0.325 e. The molecule has 1 aliphatic rings. The Hall–Kier alpha value is -1.72. The molecule has 0 aliphatic carbocycles. The second kappa shape index (κ2) is 7.33. The van der Waals surface area contributed by atoms with Crippen LogP contribution < -0.4 is 10.6 Å². The Labute approximate surface area is 125 Å². The summed E-state index contributed by atoms with van der Waals surface area (Å²) in [5.41, 5.74) is 1.38. The number of amides is 1. The number of nitrogens with zero attached hydrogens (tertiary/aromatic N) is 1. The number of Topliss-reactive ketones (excluding diaryl/α,β-unsaturated/α-hetero) is 1. The fraction of sp³-hybridized carbons (Fsp3) is 0.500.